The summed E-state index contributed by atoms with van der Waals surface area (Å²) in [7, 11) is 2.14. The number of halogens is 1. The summed E-state index contributed by atoms with van der Waals surface area (Å²) in [5.41, 5.74) is 9.42. The normalized spacial score (nSPS) is 15.4. The minimum Gasteiger partial charge on any atom is -0.384 e. The van der Waals surface area contributed by atoms with E-state index in [1.807, 2.05) is 37.3 Å². The summed E-state index contributed by atoms with van der Waals surface area (Å²) in [5, 5.41) is 5.48. The molecule has 1 fully saturated rings. The number of anilines is 1. The van der Waals surface area contributed by atoms with Crippen LogP contribution in [0.25, 0.3) is 21.9 Å². The molecule has 0 bridgehead atoms. The molecular weight excluding hydrogens is 396 g/mol. The van der Waals surface area contributed by atoms with Crippen LogP contribution in [0.5, 0.6) is 0 Å². The fraction of sp³-hybridized carbons (Fsp3) is 0.333. The second-order valence-corrected chi connectivity index (χ2v) is 8.65. The third kappa shape index (κ3) is 4.27. The number of carbonyl (C=O) groups is 1. The number of benzene rings is 2. The molecule has 1 aliphatic heterocycles. The lowest BCUT2D eigenvalue weighted by Crippen LogP contribution is -2.36. The van der Waals surface area contributed by atoms with Crippen molar-refractivity contribution in [3.05, 3.63) is 58.7 Å². The van der Waals surface area contributed by atoms with Crippen molar-refractivity contribution in [2.75, 3.05) is 32.4 Å². The highest BCUT2D eigenvalue weighted by Gasteiger charge is 2.20. The molecule has 2 heterocycles. The molecule has 0 radical (unpaired) electrons. The summed E-state index contributed by atoms with van der Waals surface area (Å²) in [5.74, 6) is 0.821. The molecule has 0 spiro atoms. The molecule has 5 nitrogen and oxygen atoms in total. The Morgan fingerprint density at radius 3 is 2.77 bits per heavy atom. The van der Waals surface area contributed by atoms with Gasteiger partial charge in [-0.3, -0.25) is 4.79 Å². The van der Waals surface area contributed by atoms with Crippen LogP contribution in [-0.4, -0.2) is 42.5 Å². The van der Waals surface area contributed by atoms with Gasteiger partial charge in [0.1, 0.15) is 5.82 Å². The van der Waals surface area contributed by atoms with E-state index in [1.165, 1.54) is 0 Å². The number of rotatable bonds is 4. The molecule has 0 saturated carbocycles. The molecule has 0 atom stereocenters. The Morgan fingerprint density at radius 2 is 2.03 bits per heavy atom. The number of hydrogen-bond acceptors (Lipinski definition) is 4. The smallest absolute Gasteiger partial charge is 0.251 e. The number of nitrogens with zero attached hydrogens (tertiary/aromatic N) is 2. The van der Waals surface area contributed by atoms with Gasteiger partial charge in [-0.1, -0.05) is 23.7 Å². The van der Waals surface area contributed by atoms with Crippen LogP contribution in [0.3, 0.4) is 0 Å². The van der Waals surface area contributed by atoms with E-state index in [-0.39, 0.29) is 5.91 Å². The van der Waals surface area contributed by atoms with Crippen molar-refractivity contribution in [3.8, 4) is 11.1 Å². The number of nitrogens with two attached hydrogens (primary N) is 1. The second-order valence-electron chi connectivity index (χ2n) is 8.24. The van der Waals surface area contributed by atoms with E-state index in [1.54, 1.807) is 12.3 Å². The molecular formula is C24H27ClN4O. The highest BCUT2D eigenvalue weighted by Crippen LogP contribution is 2.35. The third-order valence-electron chi connectivity index (χ3n) is 6.00. The van der Waals surface area contributed by atoms with Gasteiger partial charge in [-0.25, -0.2) is 4.98 Å². The van der Waals surface area contributed by atoms with Crippen LogP contribution in [0.1, 0.15) is 28.8 Å². The SMILES string of the molecule is Cc1cccc(Cl)c1-c1cc(C(=O)NCC2CCN(C)CC2)c2cc(N)ncc2c1. The molecule has 4 rings (SSSR count). The van der Waals surface area contributed by atoms with Crippen molar-refractivity contribution in [2.45, 2.75) is 19.8 Å². The summed E-state index contributed by atoms with van der Waals surface area (Å²) < 4.78 is 0. The van der Waals surface area contributed by atoms with Gasteiger partial charge in [0, 0.05) is 34.3 Å². The lowest BCUT2D eigenvalue weighted by atomic mass is 9.94. The molecule has 2 aromatic carbocycles. The van der Waals surface area contributed by atoms with E-state index in [4.69, 9.17) is 17.3 Å². The number of nitrogen functional groups attached to an aromatic ring is 1. The molecule has 1 amide bonds. The van der Waals surface area contributed by atoms with Gasteiger partial charge in [0.25, 0.3) is 5.91 Å². The number of piperidine rings is 1. The summed E-state index contributed by atoms with van der Waals surface area (Å²) in [6.07, 6.45) is 3.93. The minimum atomic E-state index is -0.0870. The lowest BCUT2D eigenvalue weighted by molar-refractivity contribution is 0.0940. The largest absolute Gasteiger partial charge is 0.384 e. The number of nitrogens with one attached hydrogen (secondary N) is 1. The number of likely N-dealkylation sites (tertiary alicyclic amines) is 1. The molecule has 0 unspecified atom stereocenters. The van der Waals surface area contributed by atoms with Gasteiger partial charge >= 0.3 is 0 Å². The molecule has 1 saturated heterocycles. The van der Waals surface area contributed by atoms with Crippen molar-refractivity contribution in [1.29, 1.82) is 0 Å². The number of aromatic nitrogens is 1. The molecule has 0 aliphatic carbocycles. The maximum absolute atomic E-state index is 13.2. The first kappa shape index (κ1) is 20.6. The lowest BCUT2D eigenvalue weighted by Gasteiger charge is -2.29. The number of carbonyl (C=O) groups excluding carboxylic acids is 1. The van der Waals surface area contributed by atoms with Crippen LogP contribution >= 0.6 is 11.6 Å². The molecule has 3 aromatic rings. The predicted molar refractivity (Wildman–Crippen MR) is 124 cm³/mol. The summed E-state index contributed by atoms with van der Waals surface area (Å²) in [6.45, 7) is 4.86. The van der Waals surface area contributed by atoms with E-state index in [2.05, 4.69) is 22.2 Å². The first-order valence-corrected chi connectivity index (χ1v) is 10.7. The van der Waals surface area contributed by atoms with Crippen LogP contribution in [0.2, 0.25) is 5.02 Å². The first-order valence-electron chi connectivity index (χ1n) is 10.3. The molecule has 156 valence electrons. The van der Waals surface area contributed by atoms with Crippen molar-refractivity contribution < 1.29 is 4.79 Å². The zero-order valence-corrected chi connectivity index (χ0v) is 18.2. The average molecular weight is 423 g/mol. The summed E-state index contributed by atoms with van der Waals surface area (Å²) in [6, 6.07) is 11.5. The van der Waals surface area contributed by atoms with E-state index in [9.17, 15) is 4.79 Å². The Labute approximate surface area is 182 Å². The number of hydrogen-bond donors (Lipinski definition) is 2. The van der Waals surface area contributed by atoms with Gasteiger partial charge in [0.05, 0.1) is 0 Å². The summed E-state index contributed by atoms with van der Waals surface area (Å²) in [4.78, 5) is 19.8. The molecule has 1 aromatic heterocycles. The van der Waals surface area contributed by atoms with E-state index >= 15 is 0 Å². The third-order valence-corrected chi connectivity index (χ3v) is 6.32. The van der Waals surface area contributed by atoms with Gasteiger partial charge in [0.15, 0.2) is 0 Å². The Hall–Kier alpha value is -2.63. The van der Waals surface area contributed by atoms with Crippen molar-refractivity contribution in [1.82, 2.24) is 15.2 Å². The highest BCUT2D eigenvalue weighted by molar-refractivity contribution is 6.33. The molecule has 3 N–H and O–H groups in total. The van der Waals surface area contributed by atoms with Crippen molar-refractivity contribution in [3.63, 3.8) is 0 Å². The maximum atomic E-state index is 13.2. The van der Waals surface area contributed by atoms with Gasteiger partial charge in [-0.15, -0.1) is 0 Å². The van der Waals surface area contributed by atoms with Gasteiger partial charge < -0.3 is 16.0 Å². The molecule has 30 heavy (non-hydrogen) atoms. The number of amides is 1. The van der Waals surface area contributed by atoms with Crippen LogP contribution in [0.15, 0.2) is 42.6 Å². The Balaban J connectivity index is 1.70. The second kappa shape index (κ2) is 8.62. The summed E-state index contributed by atoms with van der Waals surface area (Å²) >= 11 is 6.51. The van der Waals surface area contributed by atoms with Gasteiger partial charge in [-0.05, 0) is 86.6 Å². The van der Waals surface area contributed by atoms with Crippen molar-refractivity contribution in [2.24, 2.45) is 5.92 Å². The monoisotopic (exact) mass is 422 g/mol. The van der Waals surface area contributed by atoms with E-state index < -0.39 is 0 Å². The van der Waals surface area contributed by atoms with Crippen LogP contribution in [0.4, 0.5) is 5.82 Å². The Bertz CT molecular complexity index is 1070. The first-order chi connectivity index (χ1) is 14.4. The molecule has 1 aliphatic rings. The van der Waals surface area contributed by atoms with Crippen LogP contribution in [0, 0.1) is 12.8 Å². The highest BCUT2D eigenvalue weighted by atomic mass is 35.5. The quantitative estimate of drug-likeness (QED) is 0.648. The number of aryl methyl sites for hydroxylation is 1. The van der Waals surface area contributed by atoms with E-state index in [0.717, 1.165) is 53.4 Å². The van der Waals surface area contributed by atoms with Crippen LogP contribution < -0.4 is 11.1 Å². The average Bonchev–Trinajstić information content (AvgIpc) is 2.72. The standard InChI is InChI=1S/C24H27ClN4O/c1-15-4-3-5-21(25)23(15)17-10-18-14-27-22(26)12-19(18)20(11-17)24(30)28-13-16-6-8-29(2)9-7-16/h3-5,10-12,14,16H,6-9,13H2,1-2H3,(H2,26,27)(H,28,30). The predicted octanol–water partition coefficient (Wildman–Crippen LogP) is 4.52. The molecule has 6 heteroatoms. The zero-order valence-electron chi connectivity index (χ0n) is 17.4. The number of pyridine rings is 1. The van der Waals surface area contributed by atoms with Gasteiger partial charge in [-0.2, -0.15) is 0 Å². The van der Waals surface area contributed by atoms with Crippen molar-refractivity contribution >= 4 is 34.1 Å². The maximum Gasteiger partial charge on any atom is 0.251 e. The van der Waals surface area contributed by atoms with E-state index in [0.29, 0.717) is 28.9 Å². The van der Waals surface area contributed by atoms with Crippen LogP contribution in [-0.2, 0) is 0 Å². The topological polar surface area (TPSA) is 71.2 Å². The Kier molecular flexibility index (Phi) is 5.93. The number of fused-ring (bicyclic) bond motifs is 1. The minimum absolute atomic E-state index is 0.0870. The Morgan fingerprint density at radius 1 is 1.27 bits per heavy atom. The van der Waals surface area contributed by atoms with Gasteiger partial charge in [0.2, 0.25) is 0 Å². The fourth-order valence-corrected chi connectivity index (χ4v) is 4.53. The fourth-order valence-electron chi connectivity index (χ4n) is 4.20. The zero-order chi connectivity index (χ0) is 21.3.